The Balaban J connectivity index is 1.69. The molecule has 5 N–H and O–H groups in total. The number of halogens is 1. The van der Waals surface area contributed by atoms with Gasteiger partial charge < -0.3 is 26.3 Å². The molecule has 0 spiro atoms. The van der Waals surface area contributed by atoms with E-state index in [4.69, 9.17) is 20.9 Å². The van der Waals surface area contributed by atoms with Gasteiger partial charge in [0.2, 0.25) is 11.8 Å². The van der Waals surface area contributed by atoms with Gasteiger partial charge in [-0.25, -0.2) is 9.37 Å². The van der Waals surface area contributed by atoms with Crippen LogP contribution in [-0.4, -0.2) is 44.0 Å². The van der Waals surface area contributed by atoms with E-state index in [1.54, 1.807) is 0 Å². The Morgan fingerprint density at radius 3 is 2.57 bits per heavy atom. The number of allylic oxidation sites excluding steroid dienone is 1. The monoisotopic (exact) mass is 419 g/mol. The second-order valence-corrected chi connectivity index (χ2v) is 7.89. The van der Waals surface area contributed by atoms with E-state index in [-0.39, 0.29) is 24.3 Å². The van der Waals surface area contributed by atoms with Crippen molar-refractivity contribution in [1.29, 1.82) is 0 Å². The molecule has 2 fully saturated rings. The minimum atomic E-state index is -0.598. The second-order valence-electron chi connectivity index (χ2n) is 7.89. The van der Waals surface area contributed by atoms with Gasteiger partial charge in [0, 0.05) is 25.1 Å². The van der Waals surface area contributed by atoms with Crippen LogP contribution in [0, 0.1) is 23.6 Å². The molecule has 9 heteroatoms. The number of nitrogens with two attached hydrogens (primary N) is 2. The molecule has 0 aliphatic heterocycles. The van der Waals surface area contributed by atoms with Crippen LogP contribution in [0.3, 0.4) is 0 Å². The van der Waals surface area contributed by atoms with Crippen molar-refractivity contribution < 1.29 is 18.7 Å². The number of rotatable bonds is 11. The van der Waals surface area contributed by atoms with Crippen LogP contribution in [-0.2, 0) is 9.53 Å². The lowest BCUT2D eigenvalue weighted by Crippen LogP contribution is -2.47. The molecule has 1 aromatic heterocycles. The van der Waals surface area contributed by atoms with Gasteiger partial charge >= 0.3 is 0 Å². The van der Waals surface area contributed by atoms with Gasteiger partial charge in [0.15, 0.2) is 0 Å². The number of hydrogen-bond acceptors (Lipinski definition) is 7. The number of ether oxygens (including phenoxy) is 2. The van der Waals surface area contributed by atoms with Gasteiger partial charge in [0.05, 0.1) is 31.7 Å². The maximum Gasteiger partial charge on any atom is 0.241 e. The van der Waals surface area contributed by atoms with Gasteiger partial charge in [-0.2, -0.15) is 0 Å². The van der Waals surface area contributed by atoms with Crippen molar-refractivity contribution in [1.82, 2.24) is 10.3 Å². The standard InChI is InChI=1S/C21H30FN5O3/c1-29-11-17(16-7-14(22)9-26-21(16)30-2)25-10-15(8-23)27-20(28)19(24)18(12-3-4-12)13-5-6-13/h7-10,12-13,17-19H,3-6,11,23-24H2,1-2H3,(H,27,28)/b15-8+,25-10?. The summed E-state index contributed by atoms with van der Waals surface area (Å²) in [7, 11) is 2.96. The van der Waals surface area contributed by atoms with E-state index in [0.29, 0.717) is 23.1 Å². The molecule has 2 aliphatic carbocycles. The van der Waals surface area contributed by atoms with Crippen LogP contribution in [0.1, 0.15) is 37.3 Å². The number of methoxy groups -OCH3 is 2. The minimum Gasteiger partial charge on any atom is -0.481 e. The molecule has 8 nitrogen and oxygen atoms in total. The number of pyridine rings is 1. The van der Waals surface area contributed by atoms with Gasteiger partial charge in [0.1, 0.15) is 11.9 Å². The smallest absolute Gasteiger partial charge is 0.241 e. The minimum absolute atomic E-state index is 0.161. The van der Waals surface area contributed by atoms with E-state index in [1.807, 2.05) is 0 Å². The average molecular weight is 420 g/mol. The SMILES string of the molecule is COCC(N=C/C(=C\N)NC(=O)C(N)C(C1CC1)C1CC1)c1cc(F)cnc1OC. The largest absolute Gasteiger partial charge is 0.481 e. The fourth-order valence-corrected chi connectivity index (χ4v) is 3.84. The van der Waals surface area contributed by atoms with Gasteiger partial charge in [-0.05, 0) is 49.5 Å². The lowest BCUT2D eigenvalue weighted by atomic mass is 9.89. The molecule has 0 radical (unpaired) electrons. The Morgan fingerprint density at radius 1 is 1.37 bits per heavy atom. The highest BCUT2D eigenvalue weighted by molar-refractivity contribution is 5.90. The van der Waals surface area contributed by atoms with Crippen LogP contribution < -0.4 is 21.5 Å². The first-order chi connectivity index (χ1) is 14.5. The summed E-state index contributed by atoms with van der Waals surface area (Å²) < 4.78 is 24.1. The third-order valence-corrected chi connectivity index (χ3v) is 5.61. The van der Waals surface area contributed by atoms with E-state index in [9.17, 15) is 9.18 Å². The number of aliphatic imine (C=N–C) groups is 1. The number of aromatic nitrogens is 1. The van der Waals surface area contributed by atoms with Crippen LogP contribution in [0.4, 0.5) is 4.39 Å². The zero-order valence-corrected chi connectivity index (χ0v) is 17.4. The molecule has 164 valence electrons. The van der Waals surface area contributed by atoms with Crippen molar-refractivity contribution in [2.45, 2.75) is 37.8 Å². The van der Waals surface area contributed by atoms with Crippen molar-refractivity contribution in [2.75, 3.05) is 20.8 Å². The number of amides is 1. The fourth-order valence-electron chi connectivity index (χ4n) is 3.84. The summed E-state index contributed by atoms with van der Waals surface area (Å²) in [6.45, 7) is 0.161. The quantitative estimate of drug-likeness (QED) is 0.469. The van der Waals surface area contributed by atoms with Gasteiger partial charge in [0.25, 0.3) is 0 Å². The predicted octanol–water partition coefficient (Wildman–Crippen LogP) is 1.67. The molecule has 0 saturated heterocycles. The summed E-state index contributed by atoms with van der Waals surface area (Å²) in [6, 6.07) is 0.123. The van der Waals surface area contributed by atoms with Gasteiger partial charge in [-0.1, -0.05) is 0 Å². The van der Waals surface area contributed by atoms with Crippen molar-refractivity contribution in [3.8, 4) is 5.88 Å². The summed E-state index contributed by atoms with van der Waals surface area (Å²) >= 11 is 0. The Kier molecular flexibility index (Phi) is 7.38. The highest BCUT2D eigenvalue weighted by Crippen LogP contribution is 2.50. The average Bonchev–Trinajstić information content (AvgIpc) is 3.65. The molecular formula is C21H30FN5O3. The fraction of sp³-hybridized carbons (Fsp3) is 0.571. The van der Waals surface area contributed by atoms with E-state index < -0.39 is 17.9 Å². The highest BCUT2D eigenvalue weighted by Gasteiger charge is 2.46. The number of hydrogen-bond donors (Lipinski definition) is 3. The van der Waals surface area contributed by atoms with Crippen LogP contribution in [0.25, 0.3) is 0 Å². The Labute approximate surface area is 175 Å². The Bertz CT molecular complexity index is 796. The van der Waals surface area contributed by atoms with E-state index in [2.05, 4.69) is 15.3 Å². The zero-order valence-electron chi connectivity index (χ0n) is 17.4. The molecule has 2 aliphatic rings. The zero-order chi connectivity index (χ0) is 21.7. The maximum absolute atomic E-state index is 13.7. The van der Waals surface area contributed by atoms with Crippen molar-refractivity contribution in [2.24, 2.45) is 34.2 Å². The van der Waals surface area contributed by atoms with Crippen molar-refractivity contribution in [3.63, 3.8) is 0 Å². The number of carbonyl (C=O) groups is 1. The molecule has 2 saturated carbocycles. The summed E-state index contributed by atoms with van der Waals surface area (Å²) in [4.78, 5) is 21.1. The molecule has 1 aromatic rings. The van der Waals surface area contributed by atoms with Crippen LogP contribution in [0.5, 0.6) is 5.88 Å². The predicted molar refractivity (Wildman–Crippen MR) is 111 cm³/mol. The first-order valence-corrected chi connectivity index (χ1v) is 10.2. The van der Waals surface area contributed by atoms with Crippen molar-refractivity contribution in [3.05, 3.63) is 35.5 Å². The maximum atomic E-state index is 13.7. The molecular weight excluding hydrogens is 389 g/mol. The number of carbonyl (C=O) groups excluding carboxylic acids is 1. The molecule has 1 heterocycles. The van der Waals surface area contributed by atoms with Crippen LogP contribution in [0.15, 0.2) is 29.2 Å². The first kappa shape index (κ1) is 22.2. The molecule has 2 atom stereocenters. The number of nitrogens with zero attached hydrogens (tertiary/aromatic N) is 2. The third-order valence-electron chi connectivity index (χ3n) is 5.61. The molecule has 2 unspecified atom stereocenters. The summed E-state index contributed by atoms with van der Waals surface area (Å²) in [5.74, 6) is 0.798. The van der Waals surface area contributed by atoms with Crippen molar-refractivity contribution >= 4 is 12.1 Å². The van der Waals surface area contributed by atoms with Crippen LogP contribution >= 0.6 is 0 Å². The second kappa shape index (κ2) is 9.99. The van der Waals surface area contributed by atoms with Gasteiger partial charge in [-0.15, -0.1) is 0 Å². The lowest BCUT2D eigenvalue weighted by Gasteiger charge is -2.23. The highest BCUT2D eigenvalue weighted by atomic mass is 19.1. The van der Waals surface area contributed by atoms with Crippen LogP contribution in [0.2, 0.25) is 0 Å². The third kappa shape index (κ3) is 5.54. The Morgan fingerprint density at radius 2 is 2.03 bits per heavy atom. The number of nitrogens with one attached hydrogen (secondary N) is 1. The molecule has 3 rings (SSSR count). The van der Waals surface area contributed by atoms with E-state index in [1.165, 1.54) is 32.7 Å². The summed E-state index contributed by atoms with van der Waals surface area (Å²) in [5, 5.41) is 2.76. The topological polar surface area (TPSA) is 125 Å². The molecule has 0 bridgehead atoms. The summed E-state index contributed by atoms with van der Waals surface area (Å²) in [6.07, 6.45) is 8.32. The summed E-state index contributed by atoms with van der Waals surface area (Å²) in [5.41, 5.74) is 12.7. The molecule has 0 aromatic carbocycles. The van der Waals surface area contributed by atoms with Gasteiger partial charge in [-0.3, -0.25) is 9.79 Å². The molecule has 1 amide bonds. The first-order valence-electron chi connectivity index (χ1n) is 10.2. The molecule has 30 heavy (non-hydrogen) atoms. The van der Waals surface area contributed by atoms with E-state index in [0.717, 1.165) is 31.9 Å². The van der Waals surface area contributed by atoms with E-state index >= 15 is 0 Å². The Hall–Kier alpha value is -2.52. The lowest BCUT2D eigenvalue weighted by molar-refractivity contribution is -0.123. The normalized spacial score (nSPS) is 19.2.